The Morgan fingerprint density at radius 3 is 2.67 bits per heavy atom. The molecule has 12 heavy (non-hydrogen) atoms. The molecule has 0 aromatic carbocycles. The van der Waals surface area contributed by atoms with Gasteiger partial charge in [0.2, 0.25) is 0 Å². The highest BCUT2D eigenvalue weighted by molar-refractivity contribution is 5.77. The van der Waals surface area contributed by atoms with Gasteiger partial charge in [-0.1, -0.05) is 13.3 Å². The minimum Gasteiger partial charge on any atom is -0.370 e. The van der Waals surface area contributed by atoms with Gasteiger partial charge in [-0.2, -0.15) is 0 Å². The first-order valence-corrected chi connectivity index (χ1v) is 4.68. The first-order chi connectivity index (χ1) is 5.72. The van der Waals surface area contributed by atoms with E-state index in [0.29, 0.717) is 11.4 Å². The van der Waals surface area contributed by atoms with E-state index < -0.39 is 0 Å². The van der Waals surface area contributed by atoms with Crippen molar-refractivity contribution in [1.29, 1.82) is 0 Å². The predicted octanol–water partition coefficient (Wildman–Crippen LogP) is 1.10. The molecule has 0 saturated heterocycles. The lowest BCUT2D eigenvalue weighted by atomic mass is 10.0. The van der Waals surface area contributed by atoms with Crippen LogP contribution in [0.15, 0.2) is 4.99 Å². The Kier molecular flexibility index (Phi) is 2.95. The maximum Gasteiger partial charge on any atom is 0.188 e. The van der Waals surface area contributed by atoms with E-state index in [-0.39, 0.29) is 0 Å². The predicted molar refractivity (Wildman–Crippen MR) is 52.1 cm³/mol. The zero-order valence-corrected chi connectivity index (χ0v) is 8.06. The van der Waals surface area contributed by atoms with E-state index in [9.17, 15) is 0 Å². The number of rotatable bonds is 4. The molecule has 3 nitrogen and oxygen atoms in total. The van der Waals surface area contributed by atoms with Gasteiger partial charge in [0.1, 0.15) is 0 Å². The van der Waals surface area contributed by atoms with Gasteiger partial charge in [0, 0.05) is 13.6 Å². The highest BCUT2D eigenvalue weighted by atomic mass is 15.1. The Balaban J connectivity index is 2.22. The molecular weight excluding hydrogens is 150 g/mol. The number of nitrogens with one attached hydrogen (secondary N) is 1. The van der Waals surface area contributed by atoms with Gasteiger partial charge in [0.25, 0.3) is 0 Å². The molecule has 70 valence electrons. The number of guanidine groups is 1. The van der Waals surface area contributed by atoms with Gasteiger partial charge in [-0.15, -0.1) is 0 Å². The lowest BCUT2D eigenvalue weighted by molar-refractivity contribution is 0.452. The van der Waals surface area contributed by atoms with Crippen LogP contribution in [0.1, 0.15) is 32.6 Å². The van der Waals surface area contributed by atoms with E-state index in [1.54, 1.807) is 7.05 Å². The second kappa shape index (κ2) is 3.78. The molecule has 0 amide bonds. The molecule has 3 heteroatoms. The Morgan fingerprint density at radius 1 is 1.58 bits per heavy atom. The van der Waals surface area contributed by atoms with Crippen LogP contribution >= 0.6 is 0 Å². The van der Waals surface area contributed by atoms with Crippen molar-refractivity contribution in [1.82, 2.24) is 5.32 Å². The summed E-state index contributed by atoms with van der Waals surface area (Å²) in [5.41, 5.74) is 6.10. The summed E-state index contributed by atoms with van der Waals surface area (Å²) in [4.78, 5) is 3.86. The second-order valence-electron chi connectivity index (χ2n) is 3.71. The summed E-state index contributed by atoms with van der Waals surface area (Å²) >= 11 is 0. The van der Waals surface area contributed by atoms with Gasteiger partial charge >= 0.3 is 0 Å². The van der Waals surface area contributed by atoms with Crippen molar-refractivity contribution >= 4 is 5.96 Å². The van der Waals surface area contributed by atoms with Crippen molar-refractivity contribution in [2.45, 2.75) is 32.6 Å². The molecular formula is C9H19N3. The van der Waals surface area contributed by atoms with Crippen molar-refractivity contribution in [2.75, 3.05) is 13.6 Å². The lowest BCUT2D eigenvalue weighted by Crippen LogP contribution is -2.35. The van der Waals surface area contributed by atoms with Gasteiger partial charge < -0.3 is 11.1 Å². The molecule has 0 bridgehead atoms. The van der Waals surface area contributed by atoms with E-state index >= 15 is 0 Å². The largest absolute Gasteiger partial charge is 0.370 e. The molecule has 0 radical (unpaired) electrons. The minimum absolute atomic E-state index is 0.560. The normalized spacial score (nSPS) is 20.7. The van der Waals surface area contributed by atoms with Crippen molar-refractivity contribution in [3.8, 4) is 0 Å². The first kappa shape index (κ1) is 9.36. The van der Waals surface area contributed by atoms with Crippen LogP contribution < -0.4 is 11.1 Å². The van der Waals surface area contributed by atoms with E-state index in [1.807, 2.05) is 0 Å². The Hall–Kier alpha value is -0.730. The fourth-order valence-corrected chi connectivity index (χ4v) is 1.58. The number of hydrogen-bond donors (Lipinski definition) is 2. The third-order valence-corrected chi connectivity index (χ3v) is 2.62. The van der Waals surface area contributed by atoms with E-state index in [0.717, 1.165) is 6.54 Å². The van der Waals surface area contributed by atoms with Crippen molar-refractivity contribution in [2.24, 2.45) is 16.1 Å². The third kappa shape index (κ3) is 2.40. The van der Waals surface area contributed by atoms with Crippen LogP contribution in [0.3, 0.4) is 0 Å². The highest BCUT2D eigenvalue weighted by Gasteiger charge is 2.41. The molecule has 0 aromatic heterocycles. The topological polar surface area (TPSA) is 50.4 Å². The molecule has 1 aliphatic rings. The number of nitrogens with two attached hydrogens (primary N) is 1. The molecule has 1 fully saturated rings. The summed E-state index contributed by atoms with van der Waals surface area (Å²) in [5, 5.41) is 3.15. The third-order valence-electron chi connectivity index (χ3n) is 2.62. The SMILES string of the molecule is CCCC1(CNC(N)=NC)CC1. The van der Waals surface area contributed by atoms with Gasteiger partial charge in [-0.25, -0.2) is 0 Å². The lowest BCUT2D eigenvalue weighted by Gasteiger charge is -2.14. The number of aliphatic imine (C=N–C) groups is 1. The van der Waals surface area contributed by atoms with Gasteiger partial charge in [-0.3, -0.25) is 4.99 Å². The summed E-state index contributed by atoms with van der Waals surface area (Å²) in [6.45, 7) is 3.24. The van der Waals surface area contributed by atoms with Crippen LogP contribution in [-0.2, 0) is 0 Å². The van der Waals surface area contributed by atoms with Gasteiger partial charge in [0.15, 0.2) is 5.96 Å². The molecule has 3 N–H and O–H groups in total. The Bertz CT molecular complexity index is 171. The number of nitrogens with zero attached hydrogens (tertiary/aromatic N) is 1. The van der Waals surface area contributed by atoms with Crippen molar-refractivity contribution in [3.63, 3.8) is 0 Å². The summed E-state index contributed by atoms with van der Waals surface area (Å²) < 4.78 is 0. The maximum absolute atomic E-state index is 5.54. The summed E-state index contributed by atoms with van der Waals surface area (Å²) in [6, 6.07) is 0. The van der Waals surface area contributed by atoms with Gasteiger partial charge in [-0.05, 0) is 24.7 Å². The molecule has 0 aromatic rings. The van der Waals surface area contributed by atoms with E-state index in [1.165, 1.54) is 25.7 Å². The zero-order valence-electron chi connectivity index (χ0n) is 8.06. The Labute approximate surface area is 74.4 Å². The van der Waals surface area contributed by atoms with E-state index in [2.05, 4.69) is 17.2 Å². The van der Waals surface area contributed by atoms with Crippen LogP contribution in [0.4, 0.5) is 0 Å². The number of hydrogen-bond acceptors (Lipinski definition) is 1. The molecule has 0 unspecified atom stereocenters. The fourth-order valence-electron chi connectivity index (χ4n) is 1.58. The van der Waals surface area contributed by atoms with Gasteiger partial charge in [0.05, 0.1) is 0 Å². The average molecular weight is 169 g/mol. The van der Waals surface area contributed by atoms with Crippen LogP contribution in [-0.4, -0.2) is 19.6 Å². The Morgan fingerprint density at radius 2 is 2.25 bits per heavy atom. The molecule has 0 atom stereocenters. The monoisotopic (exact) mass is 169 g/mol. The van der Waals surface area contributed by atoms with Crippen molar-refractivity contribution in [3.05, 3.63) is 0 Å². The zero-order chi connectivity index (χ0) is 9.03. The van der Waals surface area contributed by atoms with Crippen LogP contribution in [0.2, 0.25) is 0 Å². The molecule has 0 heterocycles. The van der Waals surface area contributed by atoms with Crippen LogP contribution in [0.5, 0.6) is 0 Å². The summed E-state index contributed by atoms with van der Waals surface area (Å²) in [5.74, 6) is 0.567. The maximum atomic E-state index is 5.54. The quantitative estimate of drug-likeness (QED) is 0.489. The van der Waals surface area contributed by atoms with Crippen LogP contribution in [0.25, 0.3) is 0 Å². The van der Waals surface area contributed by atoms with Crippen molar-refractivity contribution < 1.29 is 0 Å². The highest BCUT2D eigenvalue weighted by Crippen LogP contribution is 2.48. The molecule has 1 rings (SSSR count). The minimum atomic E-state index is 0.560. The molecule has 0 aliphatic heterocycles. The van der Waals surface area contributed by atoms with Crippen LogP contribution in [0, 0.1) is 5.41 Å². The first-order valence-electron chi connectivity index (χ1n) is 4.68. The molecule has 0 spiro atoms. The summed E-state index contributed by atoms with van der Waals surface area (Å²) in [7, 11) is 1.71. The summed E-state index contributed by atoms with van der Waals surface area (Å²) in [6.07, 6.45) is 5.29. The standard InChI is InChI=1S/C9H19N3/c1-3-4-9(5-6-9)7-12-8(10)11-2/h3-7H2,1-2H3,(H3,10,11,12). The smallest absolute Gasteiger partial charge is 0.188 e. The average Bonchev–Trinajstić information content (AvgIpc) is 2.82. The van der Waals surface area contributed by atoms with E-state index in [4.69, 9.17) is 5.73 Å². The fraction of sp³-hybridized carbons (Fsp3) is 0.889. The molecule has 1 aliphatic carbocycles. The molecule has 1 saturated carbocycles. The second-order valence-corrected chi connectivity index (χ2v) is 3.71.